The van der Waals surface area contributed by atoms with E-state index in [-0.39, 0.29) is 22.7 Å². The molecule has 0 aliphatic heterocycles. The Morgan fingerprint density at radius 2 is 1.62 bits per heavy atom. The van der Waals surface area contributed by atoms with Gasteiger partial charge in [0.2, 0.25) is 0 Å². The molecule has 3 rings (SSSR count). The fraction of sp³-hybridized carbons (Fsp3) is 0.100. The summed E-state index contributed by atoms with van der Waals surface area (Å²) in [5, 5.41) is 0. The maximum atomic E-state index is 13.1. The van der Waals surface area contributed by atoms with Crippen LogP contribution in [-0.2, 0) is 6.42 Å². The lowest BCUT2D eigenvalue weighted by Crippen LogP contribution is -2.23. The molecule has 6 heteroatoms. The number of hydrogen-bond donors (Lipinski definition) is 2. The van der Waals surface area contributed by atoms with Crippen molar-refractivity contribution in [3.63, 3.8) is 0 Å². The molecule has 0 atom stereocenters. The second kappa shape index (κ2) is 7.33. The quantitative estimate of drug-likeness (QED) is 0.690. The summed E-state index contributed by atoms with van der Waals surface area (Å²) >= 11 is 0. The van der Waals surface area contributed by atoms with Gasteiger partial charge in [-0.3, -0.25) is 14.2 Å². The Hall–Kier alpha value is -3.25. The Labute approximate surface area is 149 Å². The van der Waals surface area contributed by atoms with Gasteiger partial charge in [-0.25, -0.2) is 4.39 Å². The van der Waals surface area contributed by atoms with Crippen molar-refractivity contribution in [2.75, 3.05) is 12.3 Å². The highest BCUT2D eigenvalue weighted by atomic mass is 19.1. The number of benzene rings is 2. The van der Waals surface area contributed by atoms with Crippen molar-refractivity contribution in [2.24, 2.45) is 5.73 Å². The topological polar surface area (TPSA) is 91.1 Å². The molecule has 0 spiro atoms. The highest BCUT2D eigenvalue weighted by Crippen LogP contribution is 2.19. The molecule has 0 amide bonds. The molecular formula is C20H18FN3O2. The first-order valence-electron chi connectivity index (χ1n) is 8.12. The van der Waals surface area contributed by atoms with Gasteiger partial charge in [-0.15, -0.1) is 0 Å². The molecule has 132 valence electrons. The Balaban J connectivity index is 2.05. The Bertz CT molecular complexity index is 993. The normalized spacial score (nSPS) is 10.7. The number of aromatic nitrogens is 1. The highest BCUT2D eigenvalue weighted by Gasteiger charge is 2.17. The van der Waals surface area contributed by atoms with Gasteiger partial charge < -0.3 is 11.5 Å². The van der Waals surface area contributed by atoms with Crippen LogP contribution in [0, 0.1) is 5.82 Å². The van der Waals surface area contributed by atoms with Crippen LogP contribution in [0.1, 0.15) is 21.5 Å². The zero-order valence-electron chi connectivity index (χ0n) is 14.0. The predicted octanol–water partition coefficient (Wildman–Crippen LogP) is 2.29. The third-order valence-electron chi connectivity index (χ3n) is 4.11. The molecule has 2 aromatic carbocycles. The SMILES string of the molecule is NCCc1ccc(-n2c(N)c(C(=O)c3ccc(F)cc3)ccc2=O)cc1. The summed E-state index contributed by atoms with van der Waals surface area (Å²) in [7, 11) is 0. The number of carbonyl (C=O) groups excluding carboxylic acids is 1. The van der Waals surface area contributed by atoms with Gasteiger partial charge in [0.1, 0.15) is 11.6 Å². The summed E-state index contributed by atoms with van der Waals surface area (Å²) in [5.41, 5.74) is 13.4. The number of nitrogens with two attached hydrogens (primary N) is 2. The highest BCUT2D eigenvalue weighted by molar-refractivity contribution is 6.11. The van der Waals surface area contributed by atoms with Crippen LogP contribution in [0.3, 0.4) is 0 Å². The van der Waals surface area contributed by atoms with E-state index in [0.717, 1.165) is 12.0 Å². The molecule has 0 radical (unpaired) electrons. The van der Waals surface area contributed by atoms with Crippen LogP contribution in [0.15, 0.2) is 65.5 Å². The summed E-state index contributed by atoms with van der Waals surface area (Å²) in [4.78, 5) is 25.0. The monoisotopic (exact) mass is 351 g/mol. The average Bonchev–Trinajstić information content (AvgIpc) is 2.64. The number of pyridine rings is 1. The maximum Gasteiger partial charge on any atom is 0.256 e. The number of rotatable bonds is 5. The van der Waals surface area contributed by atoms with Gasteiger partial charge in [0.25, 0.3) is 5.56 Å². The smallest absolute Gasteiger partial charge is 0.256 e. The third kappa shape index (κ3) is 3.41. The predicted molar refractivity (Wildman–Crippen MR) is 99.0 cm³/mol. The Kier molecular flexibility index (Phi) is 4.95. The molecule has 0 aliphatic carbocycles. The number of ketones is 1. The van der Waals surface area contributed by atoms with Crippen LogP contribution in [0.25, 0.3) is 5.69 Å². The van der Waals surface area contributed by atoms with Crippen molar-refractivity contribution in [1.29, 1.82) is 0 Å². The average molecular weight is 351 g/mol. The number of hydrogen-bond acceptors (Lipinski definition) is 4. The number of nitrogens with zero attached hydrogens (tertiary/aromatic N) is 1. The standard InChI is InChI=1S/C20H18FN3O2/c21-15-5-3-14(4-6-15)19(26)17-9-10-18(25)24(20(17)23)16-7-1-13(2-8-16)11-12-22/h1-10H,11-12,22-23H2. The van der Waals surface area contributed by atoms with E-state index < -0.39 is 5.82 Å². The molecular weight excluding hydrogens is 333 g/mol. The van der Waals surface area contributed by atoms with E-state index in [1.807, 2.05) is 12.1 Å². The second-order valence-corrected chi connectivity index (χ2v) is 5.85. The largest absolute Gasteiger partial charge is 0.384 e. The van der Waals surface area contributed by atoms with E-state index >= 15 is 0 Å². The van der Waals surface area contributed by atoms with Crippen molar-refractivity contribution in [1.82, 2.24) is 4.57 Å². The summed E-state index contributed by atoms with van der Waals surface area (Å²) in [5.74, 6) is -0.772. The van der Waals surface area contributed by atoms with Crippen molar-refractivity contribution in [2.45, 2.75) is 6.42 Å². The van der Waals surface area contributed by atoms with Crippen molar-refractivity contribution < 1.29 is 9.18 Å². The van der Waals surface area contributed by atoms with Gasteiger partial charge in [0.05, 0.1) is 11.3 Å². The summed E-state index contributed by atoms with van der Waals surface area (Å²) in [6, 6.07) is 15.1. The van der Waals surface area contributed by atoms with E-state index in [0.29, 0.717) is 17.8 Å². The molecule has 1 aromatic heterocycles. The number of halogens is 1. The third-order valence-corrected chi connectivity index (χ3v) is 4.11. The Morgan fingerprint density at radius 1 is 0.962 bits per heavy atom. The van der Waals surface area contributed by atoms with Crippen LogP contribution >= 0.6 is 0 Å². The van der Waals surface area contributed by atoms with Gasteiger partial charge >= 0.3 is 0 Å². The Morgan fingerprint density at radius 3 is 2.23 bits per heavy atom. The fourth-order valence-electron chi connectivity index (χ4n) is 2.75. The minimum Gasteiger partial charge on any atom is -0.384 e. The lowest BCUT2D eigenvalue weighted by molar-refractivity contribution is 0.103. The molecule has 3 aromatic rings. The maximum absolute atomic E-state index is 13.1. The van der Waals surface area contributed by atoms with Crippen molar-refractivity contribution in [3.05, 3.63) is 93.5 Å². The van der Waals surface area contributed by atoms with Crippen LogP contribution in [-0.4, -0.2) is 16.9 Å². The number of carbonyl (C=O) groups is 1. The van der Waals surface area contributed by atoms with Crippen LogP contribution in [0.4, 0.5) is 10.2 Å². The van der Waals surface area contributed by atoms with Crippen LogP contribution < -0.4 is 17.0 Å². The summed E-state index contributed by atoms with van der Waals surface area (Å²) in [6.45, 7) is 0.531. The molecule has 0 fully saturated rings. The minimum atomic E-state index is -0.433. The molecule has 0 saturated carbocycles. The van der Waals surface area contributed by atoms with E-state index in [1.165, 1.54) is 41.0 Å². The zero-order chi connectivity index (χ0) is 18.7. The molecule has 26 heavy (non-hydrogen) atoms. The van der Waals surface area contributed by atoms with Crippen molar-refractivity contribution in [3.8, 4) is 5.69 Å². The lowest BCUT2D eigenvalue weighted by Gasteiger charge is -2.13. The number of nitrogen functional groups attached to an aromatic ring is 1. The van der Waals surface area contributed by atoms with Gasteiger partial charge in [-0.1, -0.05) is 12.1 Å². The van der Waals surface area contributed by atoms with E-state index in [1.54, 1.807) is 12.1 Å². The van der Waals surface area contributed by atoms with Crippen molar-refractivity contribution >= 4 is 11.6 Å². The fourth-order valence-corrected chi connectivity index (χ4v) is 2.75. The van der Waals surface area contributed by atoms with E-state index in [4.69, 9.17) is 11.5 Å². The number of anilines is 1. The zero-order valence-corrected chi connectivity index (χ0v) is 14.0. The lowest BCUT2D eigenvalue weighted by atomic mass is 10.0. The first kappa shape index (κ1) is 17.6. The summed E-state index contributed by atoms with van der Waals surface area (Å²) in [6.07, 6.45) is 0.730. The van der Waals surface area contributed by atoms with Gasteiger partial charge in [-0.05, 0) is 61.0 Å². The van der Waals surface area contributed by atoms with E-state index in [2.05, 4.69) is 0 Å². The van der Waals surface area contributed by atoms with E-state index in [9.17, 15) is 14.0 Å². The molecule has 1 heterocycles. The van der Waals surface area contributed by atoms with Crippen LogP contribution in [0.2, 0.25) is 0 Å². The summed E-state index contributed by atoms with van der Waals surface area (Å²) < 4.78 is 14.3. The van der Waals surface area contributed by atoms with Crippen LogP contribution in [0.5, 0.6) is 0 Å². The molecule has 0 bridgehead atoms. The molecule has 4 N–H and O–H groups in total. The molecule has 0 unspecified atom stereocenters. The molecule has 0 saturated heterocycles. The molecule has 5 nitrogen and oxygen atoms in total. The van der Waals surface area contributed by atoms with Gasteiger partial charge in [-0.2, -0.15) is 0 Å². The first-order valence-corrected chi connectivity index (χ1v) is 8.12. The van der Waals surface area contributed by atoms with Gasteiger partial charge in [0, 0.05) is 11.6 Å². The minimum absolute atomic E-state index is 0.0402. The van der Waals surface area contributed by atoms with Gasteiger partial charge in [0.15, 0.2) is 5.78 Å². The first-order chi connectivity index (χ1) is 12.5. The second-order valence-electron chi connectivity index (χ2n) is 5.85. The molecule has 0 aliphatic rings.